The van der Waals surface area contributed by atoms with E-state index >= 15 is 0 Å². The van der Waals surface area contributed by atoms with Gasteiger partial charge >= 0.3 is 0 Å². The summed E-state index contributed by atoms with van der Waals surface area (Å²) < 4.78 is 0.971. The van der Waals surface area contributed by atoms with Crippen LogP contribution in [0.3, 0.4) is 0 Å². The Labute approximate surface area is 128 Å². The van der Waals surface area contributed by atoms with Crippen LogP contribution in [0, 0.1) is 0 Å². The van der Waals surface area contributed by atoms with Crippen molar-refractivity contribution in [3.8, 4) is 0 Å². The number of piperazine rings is 1. The molecule has 20 heavy (non-hydrogen) atoms. The molecular weight excluding hydrogens is 320 g/mol. The molecule has 1 aromatic carbocycles. The van der Waals surface area contributed by atoms with Crippen LogP contribution in [0.15, 0.2) is 27.8 Å². The number of anilines is 1. The number of nitrogens with two attached hydrogens (primary N) is 1. The van der Waals surface area contributed by atoms with Crippen LogP contribution in [0.4, 0.5) is 5.69 Å². The van der Waals surface area contributed by atoms with Crippen LogP contribution in [0.25, 0.3) is 0 Å². The maximum absolute atomic E-state index is 8.72. The zero-order valence-corrected chi connectivity index (χ0v) is 13.5. The van der Waals surface area contributed by atoms with Gasteiger partial charge in [-0.25, -0.2) is 0 Å². The molecule has 0 amide bonds. The Bertz CT molecular complexity index is 506. The van der Waals surface area contributed by atoms with Gasteiger partial charge in [-0.1, -0.05) is 12.1 Å². The van der Waals surface area contributed by atoms with Gasteiger partial charge in [-0.05, 0) is 47.6 Å². The average molecular weight is 341 g/mol. The van der Waals surface area contributed by atoms with Gasteiger partial charge in [0, 0.05) is 35.7 Å². The van der Waals surface area contributed by atoms with E-state index in [1.165, 1.54) is 0 Å². The highest BCUT2D eigenvalue weighted by Crippen LogP contribution is 2.29. The second kappa shape index (κ2) is 6.45. The highest BCUT2D eigenvalue weighted by Gasteiger charge is 2.23. The number of oxime groups is 1. The third-order valence-corrected chi connectivity index (χ3v) is 4.50. The summed E-state index contributed by atoms with van der Waals surface area (Å²) in [6.45, 7) is 8.65. The second-order valence-electron chi connectivity index (χ2n) is 5.08. The molecule has 110 valence electrons. The van der Waals surface area contributed by atoms with Gasteiger partial charge in [-0.15, -0.1) is 0 Å². The number of hydrogen-bond donors (Lipinski definition) is 2. The highest BCUT2D eigenvalue weighted by molar-refractivity contribution is 9.10. The fourth-order valence-electron chi connectivity index (χ4n) is 2.66. The van der Waals surface area contributed by atoms with Gasteiger partial charge < -0.3 is 15.8 Å². The highest BCUT2D eigenvalue weighted by atomic mass is 79.9. The van der Waals surface area contributed by atoms with Crippen LogP contribution in [0.2, 0.25) is 0 Å². The molecule has 0 spiro atoms. The molecule has 6 heteroatoms. The Balaban J connectivity index is 2.18. The monoisotopic (exact) mass is 340 g/mol. The van der Waals surface area contributed by atoms with Crippen molar-refractivity contribution < 1.29 is 5.21 Å². The molecule has 1 aromatic rings. The van der Waals surface area contributed by atoms with E-state index in [0.717, 1.165) is 36.3 Å². The lowest BCUT2D eigenvalue weighted by atomic mass is 10.1. The molecule has 0 aliphatic carbocycles. The first kappa shape index (κ1) is 15.1. The largest absolute Gasteiger partial charge is 0.409 e. The van der Waals surface area contributed by atoms with E-state index in [0.29, 0.717) is 11.6 Å². The quantitative estimate of drug-likeness (QED) is 0.382. The van der Waals surface area contributed by atoms with Crippen LogP contribution in [-0.4, -0.2) is 48.2 Å². The molecule has 5 nitrogen and oxygen atoms in total. The van der Waals surface area contributed by atoms with Crippen LogP contribution >= 0.6 is 15.9 Å². The number of hydrogen-bond acceptors (Lipinski definition) is 4. The van der Waals surface area contributed by atoms with E-state index in [1.54, 1.807) is 0 Å². The number of benzene rings is 1. The van der Waals surface area contributed by atoms with Gasteiger partial charge in [0.15, 0.2) is 5.84 Å². The minimum absolute atomic E-state index is 0.126. The lowest BCUT2D eigenvalue weighted by Crippen LogP contribution is -2.51. The zero-order valence-electron chi connectivity index (χ0n) is 11.9. The lowest BCUT2D eigenvalue weighted by Gasteiger charge is -2.40. The molecule has 3 N–H and O–H groups in total. The van der Waals surface area contributed by atoms with Crippen LogP contribution in [0.5, 0.6) is 0 Å². The molecule has 0 aromatic heterocycles. The van der Waals surface area contributed by atoms with Gasteiger partial charge in [0.2, 0.25) is 0 Å². The van der Waals surface area contributed by atoms with Crippen molar-refractivity contribution in [2.45, 2.75) is 19.9 Å². The Morgan fingerprint density at radius 3 is 2.80 bits per heavy atom. The molecule has 1 unspecified atom stereocenters. The van der Waals surface area contributed by atoms with Crippen LogP contribution in [0.1, 0.15) is 19.4 Å². The zero-order chi connectivity index (χ0) is 14.7. The van der Waals surface area contributed by atoms with Crippen LogP contribution in [-0.2, 0) is 0 Å². The van der Waals surface area contributed by atoms with Crippen molar-refractivity contribution in [2.75, 3.05) is 31.1 Å². The summed E-state index contributed by atoms with van der Waals surface area (Å²) in [6, 6.07) is 6.34. The first-order chi connectivity index (χ1) is 9.56. The summed E-state index contributed by atoms with van der Waals surface area (Å²) in [7, 11) is 0. The summed E-state index contributed by atoms with van der Waals surface area (Å²) >= 11 is 3.58. The van der Waals surface area contributed by atoms with Crippen molar-refractivity contribution in [1.29, 1.82) is 0 Å². The van der Waals surface area contributed by atoms with Gasteiger partial charge in [-0.3, -0.25) is 4.90 Å². The van der Waals surface area contributed by atoms with Gasteiger partial charge in [0.05, 0.1) is 5.69 Å². The van der Waals surface area contributed by atoms with Gasteiger partial charge in [-0.2, -0.15) is 0 Å². The molecule has 1 saturated heterocycles. The summed E-state index contributed by atoms with van der Waals surface area (Å²) in [5, 5.41) is 11.7. The molecule has 0 saturated carbocycles. The standard InChI is InChI=1S/C14H21BrN4O/c1-3-18-6-7-19(9-10(18)2)13-5-4-11(8-12(13)15)14(16)17-20/h4-5,8,10,20H,3,6-7,9H2,1-2H3,(H2,16,17). The van der Waals surface area contributed by atoms with Crippen molar-refractivity contribution in [3.63, 3.8) is 0 Å². The van der Waals surface area contributed by atoms with Crippen LogP contribution < -0.4 is 10.6 Å². The summed E-state index contributed by atoms with van der Waals surface area (Å²) in [4.78, 5) is 4.85. The number of likely N-dealkylation sites (N-methyl/N-ethyl adjacent to an activating group) is 1. The van der Waals surface area contributed by atoms with Crippen molar-refractivity contribution >= 4 is 27.5 Å². The Hall–Kier alpha value is -1.27. The molecule has 1 heterocycles. The molecule has 1 fully saturated rings. The van der Waals surface area contributed by atoms with Crippen molar-refractivity contribution in [3.05, 3.63) is 28.2 Å². The molecule has 0 radical (unpaired) electrons. The minimum atomic E-state index is 0.126. The molecule has 2 rings (SSSR count). The molecule has 1 aliphatic heterocycles. The van der Waals surface area contributed by atoms with E-state index < -0.39 is 0 Å². The molecular formula is C14H21BrN4O. The van der Waals surface area contributed by atoms with E-state index in [4.69, 9.17) is 10.9 Å². The predicted molar refractivity (Wildman–Crippen MR) is 85.6 cm³/mol. The van der Waals surface area contributed by atoms with Gasteiger partial charge in [0.1, 0.15) is 0 Å². The third-order valence-electron chi connectivity index (χ3n) is 3.86. The number of amidine groups is 1. The van der Waals surface area contributed by atoms with E-state index in [1.807, 2.05) is 18.2 Å². The fraction of sp³-hybridized carbons (Fsp3) is 0.500. The summed E-state index contributed by atoms with van der Waals surface area (Å²) in [6.07, 6.45) is 0. The topological polar surface area (TPSA) is 65.1 Å². The second-order valence-corrected chi connectivity index (χ2v) is 5.93. The number of halogens is 1. The van der Waals surface area contributed by atoms with E-state index in [2.05, 4.69) is 44.7 Å². The predicted octanol–water partition coefficient (Wildman–Crippen LogP) is 2.07. The fourth-order valence-corrected chi connectivity index (χ4v) is 3.29. The smallest absolute Gasteiger partial charge is 0.170 e. The normalized spacial score (nSPS) is 21.2. The Morgan fingerprint density at radius 1 is 1.50 bits per heavy atom. The molecule has 1 aliphatic rings. The number of rotatable bonds is 3. The summed E-state index contributed by atoms with van der Waals surface area (Å²) in [5.41, 5.74) is 7.48. The third kappa shape index (κ3) is 3.07. The Morgan fingerprint density at radius 2 is 2.25 bits per heavy atom. The average Bonchev–Trinajstić information content (AvgIpc) is 2.46. The summed E-state index contributed by atoms with van der Waals surface area (Å²) in [5.74, 6) is 0.126. The lowest BCUT2D eigenvalue weighted by molar-refractivity contribution is 0.199. The molecule has 1 atom stereocenters. The molecule has 0 bridgehead atoms. The first-order valence-electron chi connectivity index (χ1n) is 6.83. The maximum Gasteiger partial charge on any atom is 0.170 e. The first-order valence-corrected chi connectivity index (χ1v) is 7.62. The van der Waals surface area contributed by atoms with Crippen molar-refractivity contribution in [1.82, 2.24) is 4.90 Å². The van der Waals surface area contributed by atoms with E-state index in [-0.39, 0.29) is 5.84 Å². The van der Waals surface area contributed by atoms with Crippen molar-refractivity contribution in [2.24, 2.45) is 10.9 Å². The minimum Gasteiger partial charge on any atom is -0.409 e. The van der Waals surface area contributed by atoms with E-state index in [9.17, 15) is 0 Å². The number of nitrogens with zero attached hydrogens (tertiary/aromatic N) is 3. The van der Waals surface area contributed by atoms with Gasteiger partial charge in [0.25, 0.3) is 0 Å². The Kier molecular flexibility index (Phi) is 4.88. The SMILES string of the molecule is CCN1CCN(c2ccc(/C(N)=N/O)cc2Br)CC1C. The maximum atomic E-state index is 8.72.